The number of hydrogen-bond donors (Lipinski definition) is 2. The third kappa shape index (κ3) is 2.66. The Bertz CT molecular complexity index is 473. The van der Waals surface area contributed by atoms with E-state index < -0.39 is 18.5 Å². The smallest absolute Gasteiger partial charge is 0.366 e. The van der Waals surface area contributed by atoms with Crippen LogP contribution in [0.15, 0.2) is 18.2 Å². The number of rotatable bonds is 3. The van der Waals surface area contributed by atoms with Crippen LogP contribution in [0.25, 0.3) is 0 Å². The highest BCUT2D eigenvalue weighted by molar-refractivity contribution is 5.95. The van der Waals surface area contributed by atoms with Crippen molar-refractivity contribution in [1.29, 1.82) is 0 Å². The highest BCUT2D eigenvalue weighted by atomic mass is 19.4. The monoisotopic (exact) mass is 259 g/mol. The van der Waals surface area contributed by atoms with Crippen molar-refractivity contribution in [2.45, 2.75) is 12.6 Å². The van der Waals surface area contributed by atoms with Crippen LogP contribution < -0.4 is 16.0 Å². The maximum Gasteiger partial charge on any atom is 0.390 e. The largest absolute Gasteiger partial charge is 0.390 e. The topological polar surface area (TPSA) is 58.4 Å². The van der Waals surface area contributed by atoms with E-state index in [4.69, 9.17) is 5.73 Å². The van der Waals surface area contributed by atoms with Gasteiger partial charge >= 0.3 is 6.18 Å². The van der Waals surface area contributed by atoms with Gasteiger partial charge in [-0.3, -0.25) is 4.79 Å². The summed E-state index contributed by atoms with van der Waals surface area (Å²) in [6.07, 6.45) is -5.04. The molecule has 1 aromatic carbocycles. The average Bonchev–Trinajstić information content (AvgIpc) is 2.67. The normalized spacial score (nSPS) is 14.3. The minimum absolute atomic E-state index is 0.112. The molecule has 1 aliphatic heterocycles. The molecular formula is C11H12F3N3O. The maximum absolute atomic E-state index is 12.1. The van der Waals surface area contributed by atoms with E-state index in [9.17, 15) is 18.0 Å². The summed E-state index contributed by atoms with van der Waals surface area (Å²) in [5.74, 6) is -0.562. The van der Waals surface area contributed by atoms with Crippen LogP contribution in [0.2, 0.25) is 0 Å². The number of amides is 1. The molecule has 0 saturated heterocycles. The standard InChI is InChI=1S/C11H12F3N3O/c12-11(13,14)3-4-17-6-16-8-5-7(10(15)18)1-2-9(8)17/h1-2,5,16H,3-4,6H2,(H2,15,18). The van der Waals surface area contributed by atoms with Crippen LogP contribution >= 0.6 is 0 Å². The van der Waals surface area contributed by atoms with Crippen molar-refractivity contribution in [3.63, 3.8) is 0 Å². The molecule has 18 heavy (non-hydrogen) atoms. The summed E-state index contributed by atoms with van der Waals surface area (Å²) in [6.45, 7) is 0.188. The number of halogens is 3. The van der Waals surface area contributed by atoms with Gasteiger partial charge in [0.05, 0.1) is 24.5 Å². The number of nitrogens with one attached hydrogen (secondary N) is 1. The Labute approximate surface area is 102 Å². The molecule has 0 fully saturated rings. The van der Waals surface area contributed by atoms with Gasteiger partial charge < -0.3 is 16.0 Å². The molecule has 4 nitrogen and oxygen atoms in total. The molecular weight excluding hydrogens is 247 g/mol. The third-order valence-electron chi connectivity index (χ3n) is 2.75. The zero-order valence-corrected chi connectivity index (χ0v) is 9.42. The summed E-state index contributed by atoms with van der Waals surface area (Å²) in [5, 5.41) is 2.93. The fourth-order valence-corrected chi connectivity index (χ4v) is 1.83. The molecule has 1 amide bonds. The van der Waals surface area contributed by atoms with Crippen molar-refractivity contribution in [3.05, 3.63) is 23.8 Å². The SMILES string of the molecule is NC(=O)c1ccc2c(c1)NCN2CCC(F)(F)F. The number of benzene rings is 1. The second-order valence-electron chi connectivity index (χ2n) is 4.06. The Balaban J connectivity index is 2.12. The van der Waals surface area contributed by atoms with E-state index >= 15 is 0 Å². The van der Waals surface area contributed by atoms with Gasteiger partial charge in [-0.25, -0.2) is 0 Å². The summed E-state index contributed by atoms with van der Waals surface area (Å²) < 4.78 is 36.4. The summed E-state index contributed by atoms with van der Waals surface area (Å²) >= 11 is 0. The summed E-state index contributed by atoms with van der Waals surface area (Å²) in [7, 11) is 0. The fraction of sp³-hybridized carbons (Fsp3) is 0.364. The molecule has 98 valence electrons. The first kappa shape index (κ1) is 12.5. The second-order valence-corrected chi connectivity index (χ2v) is 4.06. The van der Waals surface area contributed by atoms with E-state index in [-0.39, 0.29) is 6.54 Å². The molecule has 0 atom stereocenters. The van der Waals surface area contributed by atoms with Crippen LogP contribution in [0.4, 0.5) is 24.5 Å². The molecule has 1 heterocycles. The lowest BCUT2D eigenvalue weighted by Gasteiger charge is -2.18. The minimum atomic E-state index is -4.17. The number of fused-ring (bicyclic) bond motifs is 1. The number of nitrogens with zero attached hydrogens (tertiary/aromatic N) is 1. The fourth-order valence-electron chi connectivity index (χ4n) is 1.83. The van der Waals surface area contributed by atoms with Crippen molar-refractivity contribution in [2.24, 2.45) is 5.73 Å². The van der Waals surface area contributed by atoms with Gasteiger partial charge in [-0.05, 0) is 18.2 Å². The average molecular weight is 259 g/mol. The highest BCUT2D eigenvalue weighted by Gasteiger charge is 2.29. The number of primary amides is 1. The molecule has 0 bridgehead atoms. The predicted octanol–water partition coefficient (Wildman–Crippen LogP) is 1.93. The summed E-state index contributed by atoms with van der Waals surface area (Å²) in [4.78, 5) is 12.5. The number of anilines is 2. The number of carbonyl (C=O) groups is 1. The third-order valence-corrected chi connectivity index (χ3v) is 2.75. The van der Waals surface area contributed by atoms with E-state index in [0.29, 0.717) is 23.6 Å². The molecule has 1 aliphatic rings. The van der Waals surface area contributed by atoms with E-state index in [2.05, 4.69) is 5.32 Å². The lowest BCUT2D eigenvalue weighted by molar-refractivity contribution is -0.132. The number of carbonyl (C=O) groups excluding carboxylic acids is 1. The lowest BCUT2D eigenvalue weighted by atomic mass is 10.1. The maximum atomic E-state index is 12.1. The second kappa shape index (κ2) is 4.40. The van der Waals surface area contributed by atoms with Crippen molar-refractivity contribution in [2.75, 3.05) is 23.4 Å². The van der Waals surface area contributed by atoms with Crippen molar-refractivity contribution >= 4 is 17.3 Å². The molecule has 3 N–H and O–H groups in total. The lowest BCUT2D eigenvalue weighted by Crippen LogP contribution is -2.27. The molecule has 0 spiro atoms. The first-order valence-electron chi connectivity index (χ1n) is 5.36. The summed E-state index contributed by atoms with van der Waals surface area (Å²) in [6, 6.07) is 4.66. The first-order valence-corrected chi connectivity index (χ1v) is 5.36. The van der Waals surface area contributed by atoms with Crippen LogP contribution in [0, 0.1) is 0 Å². The van der Waals surface area contributed by atoms with Crippen molar-refractivity contribution < 1.29 is 18.0 Å². The van der Waals surface area contributed by atoms with E-state index in [0.717, 1.165) is 0 Å². The molecule has 0 saturated carbocycles. The Hall–Kier alpha value is -1.92. The Morgan fingerprint density at radius 3 is 2.78 bits per heavy atom. The number of nitrogens with two attached hydrogens (primary N) is 1. The quantitative estimate of drug-likeness (QED) is 0.872. The Kier molecular flexibility index (Phi) is 3.06. The van der Waals surface area contributed by atoms with Gasteiger partial charge in [-0.1, -0.05) is 0 Å². The van der Waals surface area contributed by atoms with Crippen LogP contribution in [-0.4, -0.2) is 25.3 Å². The molecule has 0 aliphatic carbocycles. The molecule has 1 aromatic rings. The van der Waals surface area contributed by atoms with E-state index in [1.807, 2.05) is 0 Å². The molecule has 0 unspecified atom stereocenters. The van der Waals surface area contributed by atoms with E-state index in [1.54, 1.807) is 17.0 Å². The van der Waals surface area contributed by atoms with Crippen molar-refractivity contribution in [3.8, 4) is 0 Å². The molecule has 0 radical (unpaired) electrons. The highest BCUT2D eigenvalue weighted by Crippen LogP contribution is 2.33. The van der Waals surface area contributed by atoms with E-state index in [1.165, 1.54) is 6.07 Å². The van der Waals surface area contributed by atoms with Crippen LogP contribution in [0.1, 0.15) is 16.8 Å². The van der Waals surface area contributed by atoms with Gasteiger partial charge in [0.15, 0.2) is 0 Å². The van der Waals surface area contributed by atoms with Gasteiger partial charge in [0, 0.05) is 12.1 Å². The Morgan fingerprint density at radius 1 is 1.44 bits per heavy atom. The van der Waals surface area contributed by atoms with Crippen LogP contribution in [0.3, 0.4) is 0 Å². The van der Waals surface area contributed by atoms with Crippen LogP contribution in [0.5, 0.6) is 0 Å². The molecule has 7 heteroatoms. The van der Waals surface area contributed by atoms with Gasteiger partial charge in [0.25, 0.3) is 0 Å². The number of alkyl halides is 3. The van der Waals surface area contributed by atoms with Gasteiger partial charge in [-0.2, -0.15) is 13.2 Å². The van der Waals surface area contributed by atoms with Gasteiger partial charge in [0.2, 0.25) is 5.91 Å². The van der Waals surface area contributed by atoms with Crippen LogP contribution in [-0.2, 0) is 0 Å². The van der Waals surface area contributed by atoms with Gasteiger partial charge in [0.1, 0.15) is 0 Å². The first-order chi connectivity index (χ1) is 8.37. The predicted molar refractivity (Wildman–Crippen MR) is 61.5 cm³/mol. The summed E-state index contributed by atoms with van der Waals surface area (Å²) in [5.41, 5.74) is 6.75. The zero-order chi connectivity index (χ0) is 13.3. The zero-order valence-electron chi connectivity index (χ0n) is 9.42. The van der Waals surface area contributed by atoms with Crippen molar-refractivity contribution in [1.82, 2.24) is 0 Å². The van der Waals surface area contributed by atoms with Gasteiger partial charge in [-0.15, -0.1) is 0 Å². The Morgan fingerprint density at radius 2 is 2.17 bits per heavy atom. The number of hydrogen-bond acceptors (Lipinski definition) is 3. The molecule has 0 aromatic heterocycles. The minimum Gasteiger partial charge on any atom is -0.366 e. The molecule has 2 rings (SSSR count).